The molecular weight excluding hydrogens is 422 g/mol. The molecule has 1 atom stereocenters. The number of rotatable bonds is 7. The fraction of sp³-hybridized carbons (Fsp3) is 0.348. The van der Waals surface area contributed by atoms with Gasteiger partial charge in [0.05, 0.1) is 19.4 Å². The Morgan fingerprint density at radius 3 is 2.88 bits per heavy atom. The number of methoxy groups -OCH3 is 1. The molecule has 1 amide bonds. The van der Waals surface area contributed by atoms with Crippen LogP contribution in [0.15, 0.2) is 36.7 Å². The van der Waals surface area contributed by atoms with E-state index in [0.717, 1.165) is 29.7 Å². The summed E-state index contributed by atoms with van der Waals surface area (Å²) < 4.78 is 14.7. The summed E-state index contributed by atoms with van der Waals surface area (Å²) in [5.74, 6) is 2.29. The maximum Gasteiger partial charge on any atom is 0.226 e. The molecule has 0 saturated carbocycles. The topological polar surface area (TPSA) is 108 Å². The van der Waals surface area contributed by atoms with Gasteiger partial charge in [0.15, 0.2) is 23.0 Å². The van der Waals surface area contributed by atoms with Crippen molar-refractivity contribution in [1.82, 2.24) is 29.6 Å². The van der Waals surface area contributed by atoms with E-state index in [1.54, 1.807) is 22.4 Å². The number of unbranched alkanes of at least 4 members (excludes halogenated alkanes) is 1. The number of nitrogens with zero attached hydrogens (tertiary/aromatic N) is 6. The Morgan fingerprint density at radius 1 is 1.18 bits per heavy atom. The molecule has 0 unspecified atom stereocenters. The van der Waals surface area contributed by atoms with E-state index in [4.69, 9.17) is 14.6 Å². The molecule has 4 heterocycles. The Kier molecular flexibility index (Phi) is 5.41. The van der Waals surface area contributed by atoms with Gasteiger partial charge in [-0.05, 0) is 43.2 Å². The third kappa shape index (κ3) is 3.77. The molecule has 3 aromatic heterocycles. The Bertz CT molecular complexity index is 1330. The zero-order chi connectivity index (χ0) is 22.9. The van der Waals surface area contributed by atoms with E-state index in [0.29, 0.717) is 41.8 Å². The van der Waals surface area contributed by atoms with E-state index in [9.17, 15) is 4.79 Å². The van der Waals surface area contributed by atoms with Gasteiger partial charge < -0.3 is 14.8 Å². The lowest BCUT2D eigenvalue weighted by atomic mass is 9.85. The smallest absolute Gasteiger partial charge is 0.226 e. The summed E-state index contributed by atoms with van der Waals surface area (Å²) in [6.45, 7) is 4.70. The molecule has 170 valence electrons. The minimum atomic E-state index is -0.167. The Balaban J connectivity index is 1.55. The van der Waals surface area contributed by atoms with Gasteiger partial charge in [-0.3, -0.25) is 4.79 Å². The molecule has 10 heteroatoms. The van der Waals surface area contributed by atoms with Gasteiger partial charge in [-0.2, -0.15) is 14.3 Å². The first-order valence-electron chi connectivity index (χ1n) is 11.0. The normalized spacial score (nSPS) is 15.4. The molecule has 1 aromatic carbocycles. The highest BCUT2D eigenvalue weighted by Gasteiger charge is 2.33. The number of nitrogens with one attached hydrogen (secondary N) is 1. The van der Waals surface area contributed by atoms with Gasteiger partial charge in [0.2, 0.25) is 5.91 Å². The van der Waals surface area contributed by atoms with Crippen LogP contribution in [0.25, 0.3) is 11.5 Å². The van der Waals surface area contributed by atoms with Crippen LogP contribution in [0.5, 0.6) is 11.5 Å². The highest BCUT2D eigenvalue weighted by atomic mass is 16.5. The van der Waals surface area contributed by atoms with Gasteiger partial charge in [-0.25, -0.2) is 0 Å². The number of carbonyl (C=O) groups is 1. The predicted molar refractivity (Wildman–Crippen MR) is 121 cm³/mol. The average Bonchev–Trinajstić information content (AvgIpc) is 3.42. The highest BCUT2D eigenvalue weighted by molar-refractivity contribution is 5.95. The van der Waals surface area contributed by atoms with Crippen LogP contribution >= 0.6 is 0 Å². The second-order valence-electron chi connectivity index (χ2n) is 8.00. The van der Waals surface area contributed by atoms with Crippen LogP contribution in [0.2, 0.25) is 0 Å². The van der Waals surface area contributed by atoms with Crippen molar-refractivity contribution in [2.75, 3.05) is 19.0 Å². The number of ether oxygens (including phenoxy) is 2. The number of aryl methyl sites for hydroxylation is 1. The highest BCUT2D eigenvalue weighted by Crippen LogP contribution is 2.42. The van der Waals surface area contributed by atoms with Crippen molar-refractivity contribution < 1.29 is 14.3 Å². The monoisotopic (exact) mass is 447 g/mol. The molecule has 1 aliphatic rings. The first kappa shape index (κ1) is 20.9. The Labute approximate surface area is 190 Å². The Morgan fingerprint density at radius 2 is 2.06 bits per heavy atom. The van der Waals surface area contributed by atoms with Crippen LogP contribution in [-0.4, -0.2) is 49.2 Å². The predicted octanol–water partition coefficient (Wildman–Crippen LogP) is 3.28. The van der Waals surface area contributed by atoms with E-state index in [1.165, 1.54) is 6.33 Å². The van der Waals surface area contributed by atoms with Gasteiger partial charge in [-0.15, -0.1) is 15.3 Å². The summed E-state index contributed by atoms with van der Waals surface area (Å²) in [7, 11) is 1.63. The molecular formula is C23H25N7O3. The molecule has 33 heavy (non-hydrogen) atoms. The van der Waals surface area contributed by atoms with E-state index >= 15 is 0 Å². The minimum absolute atomic E-state index is 0.0822. The average molecular weight is 447 g/mol. The van der Waals surface area contributed by atoms with Crippen molar-refractivity contribution >= 4 is 17.4 Å². The van der Waals surface area contributed by atoms with E-state index in [-0.39, 0.29) is 11.8 Å². The first-order valence-corrected chi connectivity index (χ1v) is 11.0. The summed E-state index contributed by atoms with van der Waals surface area (Å²) in [5, 5.41) is 20.1. The fourth-order valence-electron chi connectivity index (χ4n) is 4.18. The van der Waals surface area contributed by atoms with Crippen molar-refractivity contribution in [1.29, 1.82) is 0 Å². The standard InChI is InChI=1S/C23H25N7O3/c1-4-5-10-33-17-7-6-15(11-18(17)32-3)16-12-21(31)25-23-22(16)14(2)27-30(23)20-9-8-19-26-24-13-29(19)28-20/h6-9,11,13,16H,4-5,10,12H2,1-3H3,(H,25,31)/t16-/m0/s1. The maximum atomic E-state index is 12.7. The third-order valence-electron chi connectivity index (χ3n) is 5.81. The van der Waals surface area contributed by atoms with Gasteiger partial charge in [0, 0.05) is 17.9 Å². The van der Waals surface area contributed by atoms with Crippen molar-refractivity contribution in [3.63, 3.8) is 0 Å². The van der Waals surface area contributed by atoms with Crippen molar-refractivity contribution in [3.8, 4) is 17.3 Å². The maximum absolute atomic E-state index is 12.7. The lowest BCUT2D eigenvalue weighted by Gasteiger charge is -2.25. The van der Waals surface area contributed by atoms with Crippen molar-refractivity contribution in [3.05, 3.63) is 53.5 Å². The zero-order valence-corrected chi connectivity index (χ0v) is 18.8. The lowest BCUT2D eigenvalue weighted by molar-refractivity contribution is -0.116. The Hall–Kier alpha value is -3.95. The second-order valence-corrected chi connectivity index (χ2v) is 8.00. The number of benzene rings is 1. The molecule has 4 aromatic rings. The first-order chi connectivity index (χ1) is 16.1. The minimum Gasteiger partial charge on any atom is -0.493 e. The van der Waals surface area contributed by atoms with Gasteiger partial charge in [-0.1, -0.05) is 19.4 Å². The molecule has 0 aliphatic carbocycles. The van der Waals surface area contributed by atoms with Gasteiger partial charge in [0.1, 0.15) is 12.1 Å². The third-order valence-corrected chi connectivity index (χ3v) is 5.81. The number of anilines is 1. The van der Waals surface area contributed by atoms with Gasteiger partial charge in [0.25, 0.3) is 0 Å². The molecule has 10 nitrogen and oxygen atoms in total. The molecule has 0 saturated heterocycles. The summed E-state index contributed by atoms with van der Waals surface area (Å²) in [6, 6.07) is 9.47. The molecule has 5 rings (SSSR count). The fourth-order valence-corrected chi connectivity index (χ4v) is 4.18. The van der Waals surface area contributed by atoms with Crippen LogP contribution < -0.4 is 14.8 Å². The van der Waals surface area contributed by atoms with Crippen molar-refractivity contribution in [2.45, 2.75) is 39.0 Å². The van der Waals surface area contributed by atoms with Crippen LogP contribution in [-0.2, 0) is 4.79 Å². The molecule has 1 N–H and O–H groups in total. The summed E-state index contributed by atoms with van der Waals surface area (Å²) in [6.07, 6.45) is 3.88. The summed E-state index contributed by atoms with van der Waals surface area (Å²) >= 11 is 0. The quantitative estimate of drug-likeness (QED) is 0.433. The number of fused-ring (bicyclic) bond motifs is 2. The number of amides is 1. The molecule has 0 fully saturated rings. The van der Waals surface area contributed by atoms with Crippen LogP contribution in [0, 0.1) is 6.92 Å². The van der Waals surface area contributed by atoms with Crippen LogP contribution in [0.1, 0.15) is 48.9 Å². The van der Waals surface area contributed by atoms with Crippen LogP contribution in [0.4, 0.5) is 5.82 Å². The van der Waals surface area contributed by atoms with E-state index < -0.39 is 0 Å². The molecule has 0 radical (unpaired) electrons. The lowest BCUT2D eigenvalue weighted by Crippen LogP contribution is -2.25. The number of hydrogen-bond acceptors (Lipinski definition) is 7. The van der Waals surface area contributed by atoms with Crippen molar-refractivity contribution in [2.24, 2.45) is 0 Å². The molecule has 0 spiro atoms. The van der Waals surface area contributed by atoms with Crippen LogP contribution in [0.3, 0.4) is 0 Å². The second kappa shape index (κ2) is 8.53. The SMILES string of the molecule is CCCCOc1ccc([C@@H]2CC(=O)Nc3c2c(C)nn3-c2ccc3nncn3n2)cc1OC. The van der Waals surface area contributed by atoms with E-state index in [1.807, 2.05) is 31.2 Å². The molecule has 1 aliphatic heterocycles. The number of carbonyl (C=O) groups excluding carboxylic acids is 1. The zero-order valence-electron chi connectivity index (χ0n) is 18.8. The summed E-state index contributed by atoms with van der Waals surface area (Å²) in [4.78, 5) is 12.7. The number of aromatic nitrogens is 6. The number of hydrogen-bond donors (Lipinski definition) is 1. The van der Waals surface area contributed by atoms with Gasteiger partial charge >= 0.3 is 0 Å². The summed E-state index contributed by atoms with van der Waals surface area (Å²) in [5.41, 5.74) is 3.38. The van der Waals surface area contributed by atoms with E-state index in [2.05, 4.69) is 27.5 Å². The molecule has 0 bridgehead atoms. The largest absolute Gasteiger partial charge is 0.493 e.